The number of likely N-dealkylation sites (N-methyl/N-ethyl adjacent to an activating group) is 2. The Kier molecular flexibility index (Phi) is 7.20. The van der Waals surface area contributed by atoms with Crippen LogP contribution in [0.3, 0.4) is 0 Å². The first-order chi connectivity index (χ1) is 7.36. The lowest BCUT2D eigenvalue weighted by Crippen LogP contribution is -2.50. The summed E-state index contributed by atoms with van der Waals surface area (Å²) in [6, 6.07) is 0.986. The third-order valence-electron chi connectivity index (χ3n) is 3.25. The summed E-state index contributed by atoms with van der Waals surface area (Å²) in [5.74, 6) is 0. The van der Waals surface area contributed by atoms with Gasteiger partial charge in [0.25, 0.3) is 0 Å². The van der Waals surface area contributed by atoms with Gasteiger partial charge in [-0.3, -0.25) is 4.90 Å². The Morgan fingerprint density at radius 3 is 2.19 bits per heavy atom. The first-order valence-electron chi connectivity index (χ1n) is 6.27. The average Bonchev–Trinajstić information content (AvgIpc) is 2.17. The van der Waals surface area contributed by atoms with Gasteiger partial charge in [0.2, 0.25) is 0 Å². The van der Waals surface area contributed by atoms with E-state index in [9.17, 15) is 0 Å². The molecule has 0 aliphatic carbocycles. The van der Waals surface area contributed by atoms with Crippen LogP contribution in [0, 0.1) is 5.41 Å². The van der Waals surface area contributed by atoms with E-state index in [-0.39, 0.29) is 5.41 Å². The molecule has 0 amide bonds. The number of nitrogens with one attached hydrogen (secondary N) is 1. The van der Waals surface area contributed by atoms with Crippen LogP contribution in [-0.4, -0.2) is 50.8 Å². The van der Waals surface area contributed by atoms with Crippen molar-refractivity contribution in [3.05, 3.63) is 0 Å². The molecule has 1 N–H and O–H groups in total. The third kappa shape index (κ3) is 5.28. The zero-order valence-corrected chi connectivity index (χ0v) is 12.1. The molecule has 0 aromatic heterocycles. The van der Waals surface area contributed by atoms with E-state index >= 15 is 0 Å². The molecule has 0 saturated heterocycles. The molecule has 0 bridgehead atoms. The zero-order chi connectivity index (χ0) is 12.8. The van der Waals surface area contributed by atoms with Crippen LogP contribution < -0.4 is 5.32 Å². The number of methoxy groups -OCH3 is 1. The minimum Gasteiger partial charge on any atom is -0.383 e. The summed E-state index contributed by atoms with van der Waals surface area (Å²) in [5, 5.41) is 3.42. The topological polar surface area (TPSA) is 24.5 Å². The van der Waals surface area contributed by atoms with Gasteiger partial charge in [-0.2, -0.15) is 0 Å². The fourth-order valence-electron chi connectivity index (χ4n) is 2.00. The Morgan fingerprint density at radius 1 is 1.31 bits per heavy atom. The molecule has 0 saturated carbocycles. The van der Waals surface area contributed by atoms with Gasteiger partial charge in [-0.05, 0) is 25.9 Å². The third-order valence-corrected chi connectivity index (χ3v) is 3.25. The molecule has 0 radical (unpaired) electrons. The van der Waals surface area contributed by atoms with Crippen molar-refractivity contribution in [2.75, 3.05) is 33.9 Å². The van der Waals surface area contributed by atoms with Gasteiger partial charge < -0.3 is 10.1 Å². The maximum absolute atomic E-state index is 5.23. The van der Waals surface area contributed by atoms with Crippen molar-refractivity contribution in [3.63, 3.8) is 0 Å². The molecule has 3 heteroatoms. The summed E-state index contributed by atoms with van der Waals surface area (Å²) in [5.41, 5.74) is 0.287. The van der Waals surface area contributed by atoms with Crippen LogP contribution in [0.25, 0.3) is 0 Å². The predicted octanol–water partition coefficient (Wildman–Crippen LogP) is 1.98. The number of ether oxygens (including phenoxy) is 1. The monoisotopic (exact) mass is 230 g/mol. The second kappa shape index (κ2) is 7.25. The minimum absolute atomic E-state index is 0.287. The Labute approximate surface area is 102 Å². The van der Waals surface area contributed by atoms with Crippen molar-refractivity contribution >= 4 is 0 Å². The molecule has 0 aromatic carbocycles. The molecule has 3 nitrogen and oxygen atoms in total. The zero-order valence-electron chi connectivity index (χ0n) is 12.1. The first-order valence-corrected chi connectivity index (χ1v) is 6.27. The Morgan fingerprint density at radius 2 is 1.88 bits per heavy atom. The van der Waals surface area contributed by atoms with Crippen LogP contribution in [0.1, 0.15) is 34.6 Å². The van der Waals surface area contributed by atoms with Gasteiger partial charge in [-0.25, -0.2) is 0 Å². The molecule has 98 valence electrons. The maximum atomic E-state index is 5.23. The number of nitrogens with zero attached hydrogens (tertiary/aromatic N) is 1. The highest BCUT2D eigenvalue weighted by Crippen LogP contribution is 2.20. The van der Waals surface area contributed by atoms with Crippen molar-refractivity contribution in [1.29, 1.82) is 0 Å². The summed E-state index contributed by atoms with van der Waals surface area (Å²) >= 11 is 0. The van der Waals surface area contributed by atoms with Gasteiger partial charge in [0, 0.05) is 25.7 Å². The van der Waals surface area contributed by atoms with Crippen molar-refractivity contribution in [3.8, 4) is 0 Å². The van der Waals surface area contributed by atoms with Gasteiger partial charge in [0.05, 0.1) is 6.61 Å². The molecule has 0 heterocycles. The van der Waals surface area contributed by atoms with E-state index in [1.807, 2.05) is 7.05 Å². The summed E-state index contributed by atoms with van der Waals surface area (Å²) < 4.78 is 5.23. The van der Waals surface area contributed by atoms with Crippen LogP contribution in [0.5, 0.6) is 0 Å². The highest BCUT2D eigenvalue weighted by molar-refractivity contribution is 4.83. The van der Waals surface area contributed by atoms with Crippen molar-refractivity contribution in [2.45, 2.75) is 46.7 Å². The molecule has 16 heavy (non-hydrogen) atoms. The fourth-order valence-corrected chi connectivity index (χ4v) is 2.00. The van der Waals surface area contributed by atoms with Gasteiger partial charge in [-0.1, -0.05) is 27.7 Å². The molecule has 0 aliphatic rings. The Balaban J connectivity index is 4.39. The van der Waals surface area contributed by atoms with Crippen LogP contribution in [0.4, 0.5) is 0 Å². The predicted molar refractivity (Wildman–Crippen MR) is 70.9 cm³/mol. The number of hydrogen-bond acceptors (Lipinski definition) is 3. The number of hydrogen-bond donors (Lipinski definition) is 1. The van der Waals surface area contributed by atoms with E-state index in [0.717, 1.165) is 19.7 Å². The Bertz CT molecular complexity index is 177. The average molecular weight is 230 g/mol. The lowest BCUT2D eigenvalue weighted by Gasteiger charge is -2.37. The minimum atomic E-state index is 0.287. The molecule has 0 fully saturated rings. The van der Waals surface area contributed by atoms with Crippen LogP contribution in [0.2, 0.25) is 0 Å². The second-order valence-electron chi connectivity index (χ2n) is 5.60. The lowest BCUT2D eigenvalue weighted by atomic mass is 9.86. The van der Waals surface area contributed by atoms with Gasteiger partial charge in [-0.15, -0.1) is 0 Å². The molecule has 0 aliphatic heterocycles. The first kappa shape index (κ1) is 15.9. The molecular weight excluding hydrogens is 200 g/mol. The van der Waals surface area contributed by atoms with Crippen molar-refractivity contribution < 1.29 is 4.74 Å². The van der Waals surface area contributed by atoms with E-state index in [2.05, 4.69) is 44.8 Å². The van der Waals surface area contributed by atoms with E-state index in [1.165, 1.54) is 0 Å². The lowest BCUT2D eigenvalue weighted by molar-refractivity contribution is 0.0829. The van der Waals surface area contributed by atoms with E-state index < -0.39 is 0 Å². The van der Waals surface area contributed by atoms with E-state index in [0.29, 0.717) is 12.1 Å². The van der Waals surface area contributed by atoms with Crippen LogP contribution in [0.15, 0.2) is 0 Å². The molecule has 2 unspecified atom stereocenters. The standard InChI is InChI=1S/C13H30N2O/c1-8-15(11(2)10-16-7)9-12(14-6)13(3,4)5/h11-12,14H,8-10H2,1-7H3. The summed E-state index contributed by atoms with van der Waals surface area (Å²) in [4.78, 5) is 2.47. The number of rotatable bonds is 7. The van der Waals surface area contributed by atoms with E-state index in [4.69, 9.17) is 4.74 Å². The largest absolute Gasteiger partial charge is 0.383 e. The van der Waals surface area contributed by atoms with Crippen molar-refractivity contribution in [1.82, 2.24) is 10.2 Å². The van der Waals surface area contributed by atoms with Gasteiger partial charge in [0.15, 0.2) is 0 Å². The smallest absolute Gasteiger partial charge is 0.0615 e. The molecule has 0 spiro atoms. The van der Waals surface area contributed by atoms with Crippen molar-refractivity contribution in [2.24, 2.45) is 5.41 Å². The quantitative estimate of drug-likeness (QED) is 0.724. The fraction of sp³-hybridized carbons (Fsp3) is 1.00. The molecule has 0 rings (SSSR count). The SMILES string of the molecule is CCN(CC(NC)C(C)(C)C)C(C)COC. The van der Waals surface area contributed by atoms with Gasteiger partial charge >= 0.3 is 0 Å². The highest BCUT2D eigenvalue weighted by Gasteiger charge is 2.26. The summed E-state index contributed by atoms with van der Waals surface area (Å²) in [6.07, 6.45) is 0. The maximum Gasteiger partial charge on any atom is 0.0615 e. The molecule has 2 atom stereocenters. The van der Waals surface area contributed by atoms with E-state index in [1.54, 1.807) is 7.11 Å². The summed E-state index contributed by atoms with van der Waals surface area (Å²) in [7, 11) is 3.81. The molecule has 0 aromatic rings. The van der Waals surface area contributed by atoms with Crippen LogP contribution >= 0.6 is 0 Å². The Hall–Kier alpha value is -0.120. The molecular formula is C13H30N2O. The van der Waals surface area contributed by atoms with Crippen LogP contribution in [-0.2, 0) is 4.74 Å². The second-order valence-corrected chi connectivity index (χ2v) is 5.60. The normalized spacial score (nSPS) is 16.5. The highest BCUT2D eigenvalue weighted by atomic mass is 16.5. The van der Waals surface area contributed by atoms with Gasteiger partial charge in [0.1, 0.15) is 0 Å². The summed E-state index contributed by atoms with van der Waals surface area (Å²) in [6.45, 7) is 14.2.